The Balaban J connectivity index is 2.16. The Hall–Kier alpha value is -2.73. The fourth-order valence-corrected chi connectivity index (χ4v) is 3.59. The molecule has 3 rings (SSSR count). The van der Waals surface area contributed by atoms with Crippen LogP contribution >= 0.6 is 11.9 Å². The number of methoxy groups -OCH3 is 1. The second-order valence-electron chi connectivity index (χ2n) is 5.09. The Morgan fingerprint density at radius 3 is 2.42 bits per heavy atom. The van der Waals surface area contributed by atoms with E-state index in [2.05, 4.69) is 0 Å². The SMILES string of the molecule is COC1=C(C(=O)c2ccccc2)N(CC(=O)O)Sc2ccccc21. The third-order valence-corrected chi connectivity index (χ3v) is 4.62. The van der Waals surface area contributed by atoms with Gasteiger partial charge in [0.1, 0.15) is 12.2 Å². The van der Waals surface area contributed by atoms with Crippen LogP contribution < -0.4 is 0 Å². The first-order valence-corrected chi connectivity index (χ1v) is 8.04. The molecule has 0 amide bonds. The first kappa shape index (κ1) is 16.1. The molecule has 1 N–H and O–H groups in total. The fourth-order valence-electron chi connectivity index (χ4n) is 2.52. The molecule has 0 saturated heterocycles. The summed E-state index contributed by atoms with van der Waals surface area (Å²) in [6, 6.07) is 16.2. The van der Waals surface area contributed by atoms with E-state index in [1.54, 1.807) is 24.3 Å². The lowest BCUT2D eigenvalue weighted by Crippen LogP contribution is -2.31. The summed E-state index contributed by atoms with van der Waals surface area (Å²) in [4.78, 5) is 25.1. The van der Waals surface area contributed by atoms with Crippen LogP contribution in [0.2, 0.25) is 0 Å². The summed E-state index contributed by atoms with van der Waals surface area (Å²) < 4.78 is 6.97. The van der Waals surface area contributed by atoms with E-state index in [0.717, 1.165) is 10.5 Å². The van der Waals surface area contributed by atoms with Crippen LogP contribution in [-0.2, 0) is 9.53 Å². The number of carbonyl (C=O) groups excluding carboxylic acids is 1. The molecule has 0 atom stereocenters. The summed E-state index contributed by atoms with van der Waals surface area (Å²) in [5.74, 6) is -0.897. The standard InChI is InChI=1S/C18H15NO4S/c1-23-18-13-9-5-6-10-14(13)24-19(11-15(20)21)16(18)17(22)12-7-3-2-4-8-12/h2-10H,11H2,1H3,(H,20,21). The highest BCUT2D eigenvalue weighted by Crippen LogP contribution is 2.41. The number of benzene rings is 2. The molecule has 0 aliphatic carbocycles. The van der Waals surface area contributed by atoms with E-state index in [1.165, 1.54) is 23.4 Å². The van der Waals surface area contributed by atoms with Gasteiger partial charge in [-0.2, -0.15) is 0 Å². The summed E-state index contributed by atoms with van der Waals surface area (Å²) in [5, 5.41) is 9.21. The highest BCUT2D eigenvalue weighted by atomic mass is 32.2. The van der Waals surface area contributed by atoms with Crippen molar-refractivity contribution in [2.75, 3.05) is 13.7 Å². The molecule has 0 fully saturated rings. The minimum absolute atomic E-state index is 0.245. The van der Waals surface area contributed by atoms with Crippen molar-refractivity contribution < 1.29 is 19.4 Å². The van der Waals surface area contributed by atoms with Gasteiger partial charge in [0.05, 0.1) is 7.11 Å². The van der Waals surface area contributed by atoms with Crippen LogP contribution in [-0.4, -0.2) is 34.8 Å². The number of fused-ring (bicyclic) bond motifs is 1. The van der Waals surface area contributed by atoms with Crippen molar-refractivity contribution in [2.24, 2.45) is 0 Å². The van der Waals surface area contributed by atoms with Crippen LogP contribution in [0.4, 0.5) is 0 Å². The number of nitrogens with zero attached hydrogens (tertiary/aromatic N) is 1. The molecule has 0 aromatic heterocycles. The van der Waals surface area contributed by atoms with E-state index < -0.39 is 5.97 Å². The Morgan fingerprint density at radius 1 is 1.08 bits per heavy atom. The number of carboxylic acids is 1. The second-order valence-corrected chi connectivity index (χ2v) is 6.16. The van der Waals surface area contributed by atoms with E-state index in [0.29, 0.717) is 11.3 Å². The maximum absolute atomic E-state index is 13.0. The molecular weight excluding hydrogens is 326 g/mol. The van der Waals surface area contributed by atoms with Crippen molar-refractivity contribution >= 4 is 29.5 Å². The number of hydrogen-bond acceptors (Lipinski definition) is 5. The van der Waals surface area contributed by atoms with Gasteiger partial charge in [0.15, 0.2) is 5.76 Å². The van der Waals surface area contributed by atoms with E-state index in [9.17, 15) is 14.7 Å². The predicted octanol–water partition coefficient (Wildman–Crippen LogP) is 3.29. The van der Waals surface area contributed by atoms with Gasteiger partial charge in [-0.25, -0.2) is 0 Å². The molecule has 24 heavy (non-hydrogen) atoms. The molecule has 0 spiro atoms. The molecule has 1 aliphatic heterocycles. The predicted molar refractivity (Wildman–Crippen MR) is 91.3 cm³/mol. The summed E-state index contributed by atoms with van der Waals surface area (Å²) in [6.45, 7) is -0.306. The van der Waals surface area contributed by atoms with Crippen molar-refractivity contribution in [1.29, 1.82) is 0 Å². The van der Waals surface area contributed by atoms with Gasteiger partial charge in [0.25, 0.3) is 0 Å². The topological polar surface area (TPSA) is 66.8 Å². The average Bonchev–Trinajstić information content (AvgIpc) is 2.60. The van der Waals surface area contributed by atoms with Crippen LogP contribution in [0.25, 0.3) is 5.76 Å². The number of Topliss-reactive ketones (excluding diaryl/α,β-unsaturated/α-hetero) is 1. The third kappa shape index (κ3) is 3.00. The molecule has 6 heteroatoms. The highest BCUT2D eigenvalue weighted by Gasteiger charge is 2.32. The van der Waals surface area contributed by atoms with Gasteiger partial charge in [-0.15, -0.1) is 0 Å². The smallest absolute Gasteiger partial charge is 0.324 e. The van der Waals surface area contributed by atoms with Crippen molar-refractivity contribution in [2.45, 2.75) is 4.90 Å². The van der Waals surface area contributed by atoms with Gasteiger partial charge < -0.3 is 9.84 Å². The normalized spacial score (nSPS) is 13.5. The van der Waals surface area contributed by atoms with Crippen LogP contribution in [0.15, 0.2) is 65.2 Å². The monoisotopic (exact) mass is 341 g/mol. The molecule has 5 nitrogen and oxygen atoms in total. The minimum Gasteiger partial charge on any atom is -0.494 e. The number of ketones is 1. The van der Waals surface area contributed by atoms with E-state index in [4.69, 9.17) is 4.74 Å². The summed E-state index contributed by atoms with van der Waals surface area (Å²) >= 11 is 1.23. The third-order valence-electron chi connectivity index (χ3n) is 3.54. The number of hydrogen-bond donors (Lipinski definition) is 1. The molecule has 1 aliphatic rings. The maximum Gasteiger partial charge on any atom is 0.324 e. The lowest BCUT2D eigenvalue weighted by atomic mass is 10.0. The van der Waals surface area contributed by atoms with Crippen LogP contribution in [0, 0.1) is 0 Å². The molecule has 2 aromatic rings. The van der Waals surface area contributed by atoms with Crippen molar-refractivity contribution in [3.63, 3.8) is 0 Å². The Morgan fingerprint density at radius 2 is 1.75 bits per heavy atom. The minimum atomic E-state index is -1.02. The molecule has 0 saturated carbocycles. The van der Waals surface area contributed by atoms with Gasteiger partial charge in [0.2, 0.25) is 5.78 Å². The Kier molecular flexibility index (Phi) is 4.57. The van der Waals surface area contributed by atoms with Gasteiger partial charge >= 0.3 is 5.97 Å². The quantitative estimate of drug-likeness (QED) is 0.665. The summed E-state index contributed by atoms with van der Waals surface area (Å²) in [6.07, 6.45) is 0. The summed E-state index contributed by atoms with van der Waals surface area (Å²) in [7, 11) is 1.49. The molecule has 122 valence electrons. The van der Waals surface area contributed by atoms with Crippen molar-refractivity contribution in [3.8, 4) is 0 Å². The largest absolute Gasteiger partial charge is 0.494 e. The number of aliphatic carboxylic acids is 1. The molecule has 0 bridgehead atoms. The molecule has 1 heterocycles. The van der Waals surface area contributed by atoms with E-state index in [-0.39, 0.29) is 18.0 Å². The zero-order valence-electron chi connectivity index (χ0n) is 12.9. The summed E-state index contributed by atoms with van der Waals surface area (Å²) in [5.41, 5.74) is 1.51. The number of rotatable bonds is 5. The van der Waals surface area contributed by atoms with Crippen LogP contribution in [0.5, 0.6) is 0 Å². The molecule has 2 aromatic carbocycles. The van der Waals surface area contributed by atoms with Crippen molar-refractivity contribution in [3.05, 3.63) is 71.4 Å². The number of allylic oxidation sites excluding steroid dienone is 1. The zero-order chi connectivity index (χ0) is 17.1. The first-order chi connectivity index (χ1) is 11.6. The van der Waals surface area contributed by atoms with E-state index in [1.807, 2.05) is 30.3 Å². The maximum atomic E-state index is 13.0. The van der Waals surface area contributed by atoms with Crippen molar-refractivity contribution in [1.82, 2.24) is 4.31 Å². The highest BCUT2D eigenvalue weighted by molar-refractivity contribution is 7.97. The van der Waals surface area contributed by atoms with Gasteiger partial charge in [-0.05, 0) is 24.1 Å². The van der Waals surface area contributed by atoms with Gasteiger partial charge in [0, 0.05) is 16.0 Å². The number of carbonyl (C=O) groups is 2. The zero-order valence-corrected chi connectivity index (χ0v) is 13.7. The van der Waals surface area contributed by atoms with Gasteiger partial charge in [-0.1, -0.05) is 42.5 Å². The molecular formula is C18H15NO4S. The van der Waals surface area contributed by atoms with Crippen LogP contribution in [0.1, 0.15) is 15.9 Å². The first-order valence-electron chi connectivity index (χ1n) is 7.26. The number of carboxylic acid groups (broad SMARTS) is 1. The van der Waals surface area contributed by atoms with E-state index >= 15 is 0 Å². The Bertz CT molecular complexity index is 817. The fraction of sp³-hybridized carbons (Fsp3) is 0.111. The lowest BCUT2D eigenvalue weighted by Gasteiger charge is -2.31. The number of ether oxygens (including phenoxy) is 1. The Labute approximate surface area is 143 Å². The molecule has 0 radical (unpaired) electrons. The second kappa shape index (κ2) is 6.80. The van der Waals surface area contributed by atoms with Gasteiger partial charge in [-0.3, -0.25) is 13.9 Å². The average molecular weight is 341 g/mol. The van der Waals surface area contributed by atoms with Crippen LogP contribution in [0.3, 0.4) is 0 Å². The molecule has 0 unspecified atom stereocenters. The lowest BCUT2D eigenvalue weighted by molar-refractivity contribution is -0.136.